The van der Waals surface area contributed by atoms with Crippen molar-refractivity contribution in [1.82, 2.24) is 4.90 Å². The van der Waals surface area contributed by atoms with Crippen molar-refractivity contribution in [2.75, 3.05) is 13.2 Å². The molecule has 0 radical (unpaired) electrons. The monoisotopic (exact) mass is 364 g/mol. The Kier molecular flexibility index (Phi) is 6.96. The highest BCUT2D eigenvalue weighted by Crippen LogP contribution is 2.33. The van der Waals surface area contributed by atoms with Gasteiger partial charge in [0.2, 0.25) is 5.91 Å². The molecule has 140 valence electrons. The first-order valence-corrected chi connectivity index (χ1v) is 8.58. The number of rotatable bonds is 9. The quantitative estimate of drug-likeness (QED) is 0.410. The second-order valence-corrected chi connectivity index (χ2v) is 6.19. The first-order chi connectivity index (χ1) is 12.5. The maximum atomic E-state index is 14.2. The number of halogens is 2. The van der Waals surface area contributed by atoms with Crippen LogP contribution in [-0.2, 0) is 15.5 Å². The maximum absolute atomic E-state index is 14.2. The number of nitrogens with zero attached hydrogens (tertiary/aromatic N) is 2. The topological polar surface area (TPSA) is 73.6 Å². The molecule has 1 aliphatic rings. The lowest BCUT2D eigenvalue weighted by atomic mass is 10.0. The molecule has 1 amide bonds. The molecule has 0 aliphatic carbocycles. The van der Waals surface area contributed by atoms with Gasteiger partial charge in [0, 0.05) is 24.9 Å². The molecule has 1 heterocycles. The van der Waals surface area contributed by atoms with E-state index in [4.69, 9.17) is 5.26 Å². The average Bonchev–Trinajstić information content (AvgIpc) is 3.01. The van der Waals surface area contributed by atoms with E-state index in [0.29, 0.717) is 25.8 Å². The van der Waals surface area contributed by atoms with E-state index >= 15 is 0 Å². The van der Waals surface area contributed by atoms with Gasteiger partial charge in [-0.3, -0.25) is 4.79 Å². The lowest BCUT2D eigenvalue weighted by Crippen LogP contribution is -2.35. The molecule has 1 aliphatic heterocycles. The second-order valence-electron chi connectivity index (χ2n) is 6.19. The van der Waals surface area contributed by atoms with Gasteiger partial charge in [-0.1, -0.05) is 30.3 Å². The molecular formula is C19H22F2N2O3. The van der Waals surface area contributed by atoms with Gasteiger partial charge in [-0.05, 0) is 25.3 Å². The van der Waals surface area contributed by atoms with Gasteiger partial charge in [0.25, 0.3) is 12.2 Å². The van der Waals surface area contributed by atoms with Gasteiger partial charge in [0.15, 0.2) is 0 Å². The van der Waals surface area contributed by atoms with Crippen LogP contribution in [0.2, 0.25) is 0 Å². The number of likely N-dealkylation sites (tertiary alicyclic amines) is 1. The van der Waals surface area contributed by atoms with Crippen LogP contribution in [0.25, 0.3) is 0 Å². The van der Waals surface area contributed by atoms with Gasteiger partial charge in [-0.15, -0.1) is 0 Å². The van der Waals surface area contributed by atoms with Gasteiger partial charge >= 0.3 is 0 Å². The summed E-state index contributed by atoms with van der Waals surface area (Å²) in [6, 6.07) is 6.88. The summed E-state index contributed by atoms with van der Waals surface area (Å²) in [5.41, 5.74) is -0.110. The lowest BCUT2D eigenvalue weighted by Gasteiger charge is -2.25. The normalized spacial score (nSPS) is 18.0. The van der Waals surface area contributed by atoms with E-state index in [1.165, 1.54) is 17.0 Å². The van der Waals surface area contributed by atoms with Crippen LogP contribution in [0.4, 0.5) is 8.78 Å². The zero-order valence-electron chi connectivity index (χ0n) is 14.4. The van der Waals surface area contributed by atoms with Gasteiger partial charge in [-0.2, -0.15) is 5.26 Å². The number of alkyl halides is 2. The van der Waals surface area contributed by atoms with E-state index in [9.17, 15) is 18.7 Å². The third-order valence-electron chi connectivity index (χ3n) is 4.39. The number of allylic oxidation sites excluding steroid dienone is 1. The number of benzene rings is 1. The van der Waals surface area contributed by atoms with Crippen LogP contribution in [0.5, 0.6) is 0 Å². The van der Waals surface area contributed by atoms with Gasteiger partial charge in [-0.25, -0.2) is 8.78 Å². The fraction of sp³-hybridized carbons (Fsp3) is 0.474. The molecule has 1 saturated heterocycles. The Morgan fingerprint density at radius 2 is 2.12 bits per heavy atom. The third-order valence-corrected chi connectivity index (χ3v) is 4.39. The van der Waals surface area contributed by atoms with E-state index in [0.717, 1.165) is 6.08 Å². The molecule has 26 heavy (non-hydrogen) atoms. The number of unbranched alkanes of at least 4 members (excludes halogenated alkanes) is 1. The van der Waals surface area contributed by atoms with Crippen molar-refractivity contribution in [1.29, 1.82) is 5.26 Å². The van der Waals surface area contributed by atoms with Gasteiger partial charge < -0.3 is 14.7 Å². The van der Waals surface area contributed by atoms with E-state index in [1.807, 2.05) is 0 Å². The van der Waals surface area contributed by atoms with Crippen molar-refractivity contribution in [2.24, 2.45) is 0 Å². The number of hydrogen-bond donors (Lipinski definition) is 1. The number of aliphatic hydroxyl groups is 1. The summed E-state index contributed by atoms with van der Waals surface area (Å²) in [4.78, 5) is 13.5. The van der Waals surface area contributed by atoms with E-state index in [2.05, 4.69) is 4.74 Å². The molecule has 1 N–H and O–H groups in total. The van der Waals surface area contributed by atoms with Crippen LogP contribution < -0.4 is 0 Å². The largest absolute Gasteiger partial charge is 0.510 e. The number of aliphatic hydroxyl groups excluding tert-OH is 1. The van der Waals surface area contributed by atoms with Crippen LogP contribution >= 0.6 is 0 Å². The summed E-state index contributed by atoms with van der Waals surface area (Å²) >= 11 is 0. The second kappa shape index (κ2) is 9.18. The molecule has 1 aromatic rings. The summed E-state index contributed by atoms with van der Waals surface area (Å²) in [5.74, 6) is -3.39. The molecule has 7 heteroatoms. The van der Waals surface area contributed by atoms with Crippen molar-refractivity contribution in [3.63, 3.8) is 0 Å². The third kappa shape index (κ3) is 5.19. The molecule has 1 aromatic carbocycles. The van der Waals surface area contributed by atoms with Crippen LogP contribution in [0.15, 0.2) is 42.2 Å². The molecule has 0 aromatic heterocycles. The SMILES string of the molecule is N#COCCCCN1C(=O)CC[C@@H]1/C(O)=C\CC(F)(F)c1ccccc1. The van der Waals surface area contributed by atoms with Crippen LogP contribution in [0.1, 0.15) is 37.7 Å². The fourth-order valence-electron chi connectivity index (χ4n) is 2.99. The Labute approximate surface area is 151 Å². The Morgan fingerprint density at radius 3 is 2.81 bits per heavy atom. The van der Waals surface area contributed by atoms with Gasteiger partial charge in [0.05, 0.1) is 6.04 Å². The Hall–Kier alpha value is -2.62. The smallest absolute Gasteiger partial charge is 0.286 e. The van der Waals surface area contributed by atoms with E-state index in [1.54, 1.807) is 24.5 Å². The highest BCUT2D eigenvalue weighted by atomic mass is 19.3. The molecule has 1 fully saturated rings. The summed E-state index contributed by atoms with van der Waals surface area (Å²) in [6.45, 7) is 0.666. The predicted octanol–water partition coefficient (Wildman–Crippen LogP) is 3.88. The van der Waals surface area contributed by atoms with Crippen molar-refractivity contribution in [2.45, 2.75) is 44.1 Å². The van der Waals surface area contributed by atoms with Crippen molar-refractivity contribution < 1.29 is 23.4 Å². The summed E-state index contributed by atoms with van der Waals surface area (Å²) in [7, 11) is 0. The van der Waals surface area contributed by atoms with Crippen LogP contribution in [0.3, 0.4) is 0 Å². The predicted molar refractivity (Wildman–Crippen MR) is 91.2 cm³/mol. The Morgan fingerprint density at radius 1 is 1.38 bits per heavy atom. The molecule has 0 bridgehead atoms. The summed E-state index contributed by atoms with van der Waals surface area (Å²) < 4.78 is 33.0. The molecule has 2 rings (SSSR count). The first kappa shape index (κ1) is 19.7. The molecular weight excluding hydrogens is 342 g/mol. The minimum Gasteiger partial charge on any atom is -0.510 e. The minimum absolute atomic E-state index is 0.106. The number of hydrogen-bond acceptors (Lipinski definition) is 4. The highest BCUT2D eigenvalue weighted by molar-refractivity contribution is 5.79. The van der Waals surface area contributed by atoms with E-state index < -0.39 is 18.4 Å². The lowest BCUT2D eigenvalue weighted by molar-refractivity contribution is -0.129. The molecule has 0 spiro atoms. The number of nitriles is 1. The Balaban J connectivity index is 1.95. The number of carbonyl (C=O) groups is 1. The van der Waals surface area contributed by atoms with Crippen molar-refractivity contribution in [3.05, 3.63) is 47.7 Å². The molecule has 0 unspecified atom stereocenters. The Bertz CT molecular complexity index is 671. The van der Waals surface area contributed by atoms with Crippen molar-refractivity contribution >= 4 is 5.91 Å². The molecule has 0 saturated carbocycles. The molecule has 1 atom stereocenters. The van der Waals surface area contributed by atoms with Crippen LogP contribution in [0, 0.1) is 11.5 Å². The molecule has 5 nitrogen and oxygen atoms in total. The first-order valence-electron chi connectivity index (χ1n) is 8.58. The average molecular weight is 364 g/mol. The van der Waals surface area contributed by atoms with Crippen LogP contribution in [-0.4, -0.2) is 35.1 Å². The van der Waals surface area contributed by atoms with Crippen molar-refractivity contribution in [3.8, 4) is 6.26 Å². The zero-order chi connectivity index (χ0) is 19.0. The standard InChI is InChI=1S/C19H22F2N2O3/c20-19(21,15-6-2-1-3-7-15)11-10-17(24)16-8-9-18(25)23(16)12-4-5-13-26-14-22/h1-3,6-7,10,16,24H,4-5,8-9,11-13H2/b17-10+/t16-/m1/s1. The fourth-order valence-corrected chi connectivity index (χ4v) is 2.99. The summed E-state index contributed by atoms with van der Waals surface area (Å²) in [6.07, 6.45) is 3.96. The number of amides is 1. The number of carbonyl (C=O) groups excluding carboxylic acids is 1. The van der Waals surface area contributed by atoms with Gasteiger partial charge in [0.1, 0.15) is 12.4 Å². The highest BCUT2D eigenvalue weighted by Gasteiger charge is 2.35. The minimum atomic E-state index is -3.09. The number of ether oxygens (including phenoxy) is 1. The van der Waals surface area contributed by atoms with E-state index in [-0.39, 0.29) is 30.3 Å². The summed E-state index contributed by atoms with van der Waals surface area (Å²) in [5, 5.41) is 18.6. The maximum Gasteiger partial charge on any atom is 0.286 e. The zero-order valence-corrected chi connectivity index (χ0v) is 14.4.